The molecule has 2 fully saturated rings. The second-order valence-corrected chi connectivity index (χ2v) is 7.60. The molecule has 25 heavy (non-hydrogen) atoms. The highest BCUT2D eigenvalue weighted by molar-refractivity contribution is 6.30. The van der Waals surface area contributed by atoms with Crippen LogP contribution in [-0.4, -0.2) is 55.0 Å². The van der Waals surface area contributed by atoms with E-state index in [2.05, 4.69) is 9.80 Å². The first kappa shape index (κ1) is 18.5. The smallest absolute Gasteiger partial charge is 0.225 e. The van der Waals surface area contributed by atoms with Crippen LogP contribution < -0.4 is 4.74 Å². The molecule has 1 aromatic carbocycles. The van der Waals surface area contributed by atoms with E-state index < -0.39 is 0 Å². The quantitative estimate of drug-likeness (QED) is 0.795. The summed E-state index contributed by atoms with van der Waals surface area (Å²) >= 11 is 5.97. The van der Waals surface area contributed by atoms with Crippen molar-refractivity contribution in [1.29, 1.82) is 0 Å². The molecule has 5 heteroatoms. The van der Waals surface area contributed by atoms with Crippen LogP contribution in [0.4, 0.5) is 0 Å². The van der Waals surface area contributed by atoms with Crippen LogP contribution in [0.3, 0.4) is 0 Å². The summed E-state index contributed by atoms with van der Waals surface area (Å²) in [4.78, 5) is 17.2. The Labute approximate surface area is 156 Å². The molecule has 3 rings (SSSR count). The molecule has 2 aliphatic rings. The molecule has 0 unspecified atom stereocenters. The Morgan fingerprint density at radius 2 is 1.80 bits per heavy atom. The van der Waals surface area contributed by atoms with E-state index >= 15 is 0 Å². The Hall–Kier alpha value is -1.26. The van der Waals surface area contributed by atoms with E-state index in [9.17, 15) is 4.79 Å². The summed E-state index contributed by atoms with van der Waals surface area (Å²) < 4.78 is 5.77. The van der Waals surface area contributed by atoms with Crippen molar-refractivity contribution < 1.29 is 9.53 Å². The van der Waals surface area contributed by atoms with E-state index in [1.165, 1.54) is 25.7 Å². The average Bonchev–Trinajstić information content (AvgIpc) is 2.91. The summed E-state index contributed by atoms with van der Waals surface area (Å²) in [7, 11) is 0. The second kappa shape index (κ2) is 9.44. The molecule has 2 saturated heterocycles. The monoisotopic (exact) mass is 364 g/mol. The third kappa shape index (κ3) is 5.61. The van der Waals surface area contributed by atoms with Gasteiger partial charge in [-0.2, -0.15) is 0 Å². The van der Waals surface area contributed by atoms with Crippen molar-refractivity contribution in [3.8, 4) is 5.75 Å². The van der Waals surface area contributed by atoms with Gasteiger partial charge in [0.1, 0.15) is 12.4 Å². The fourth-order valence-electron chi connectivity index (χ4n) is 3.80. The summed E-state index contributed by atoms with van der Waals surface area (Å²) in [6, 6.07) is 7.52. The van der Waals surface area contributed by atoms with Crippen molar-refractivity contribution in [2.24, 2.45) is 5.92 Å². The van der Waals surface area contributed by atoms with E-state index in [-0.39, 0.29) is 5.92 Å². The Balaban J connectivity index is 1.37. The number of halogens is 1. The molecule has 0 atom stereocenters. The van der Waals surface area contributed by atoms with Gasteiger partial charge in [-0.1, -0.05) is 30.5 Å². The summed E-state index contributed by atoms with van der Waals surface area (Å²) in [6.45, 7) is 5.47. The maximum Gasteiger partial charge on any atom is 0.225 e. The van der Waals surface area contributed by atoms with Crippen LogP contribution in [0.2, 0.25) is 5.02 Å². The van der Waals surface area contributed by atoms with Gasteiger partial charge in [0.2, 0.25) is 5.91 Å². The van der Waals surface area contributed by atoms with Crippen LogP contribution in [0.1, 0.15) is 38.5 Å². The van der Waals surface area contributed by atoms with Gasteiger partial charge < -0.3 is 9.64 Å². The molecule has 138 valence electrons. The van der Waals surface area contributed by atoms with Crippen LogP contribution in [0.15, 0.2) is 24.3 Å². The summed E-state index contributed by atoms with van der Waals surface area (Å²) in [5.41, 5.74) is 0. The zero-order valence-electron chi connectivity index (χ0n) is 15.0. The predicted octanol–water partition coefficient (Wildman–Crippen LogP) is 3.83. The first-order valence-corrected chi connectivity index (χ1v) is 10.00. The largest absolute Gasteiger partial charge is 0.492 e. The maximum atomic E-state index is 12.7. The molecule has 1 aromatic rings. The normalized spacial score (nSPS) is 20.3. The van der Waals surface area contributed by atoms with Gasteiger partial charge in [0.25, 0.3) is 0 Å². The lowest BCUT2D eigenvalue weighted by Crippen LogP contribution is -2.43. The number of likely N-dealkylation sites (tertiary alicyclic amines) is 2. The van der Waals surface area contributed by atoms with Crippen molar-refractivity contribution in [3.63, 3.8) is 0 Å². The number of piperidine rings is 1. The number of ether oxygens (including phenoxy) is 1. The number of nitrogens with zero attached hydrogens (tertiary/aromatic N) is 2. The van der Waals surface area contributed by atoms with Crippen molar-refractivity contribution in [1.82, 2.24) is 9.80 Å². The fourth-order valence-corrected chi connectivity index (χ4v) is 3.98. The van der Waals surface area contributed by atoms with Gasteiger partial charge in [0, 0.05) is 30.6 Å². The summed E-state index contributed by atoms with van der Waals surface area (Å²) in [5, 5.41) is 0.699. The molecule has 0 spiro atoms. The van der Waals surface area contributed by atoms with Crippen LogP contribution in [0.5, 0.6) is 5.75 Å². The minimum Gasteiger partial charge on any atom is -0.492 e. The van der Waals surface area contributed by atoms with Crippen molar-refractivity contribution >= 4 is 17.5 Å². The third-order valence-electron chi connectivity index (χ3n) is 5.33. The Morgan fingerprint density at radius 3 is 2.48 bits per heavy atom. The van der Waals surface area contributed by atoms with E-state index in [1.54, 1.807) is 0 Å². The molecule has 1 amide bonds. The number of benzene rings is 1. The van der Waals surface area contributed by atoms with Gasteiger partial charge in [-0.25, -0.2) is 0 Å². The lowest BCUT2D eigenvalue weighted by atomic mass is 9.95. The topological polar surface area (TPSA) is 32.8 Å². The van der Waals surface area contributed by atoms with Gasteiger partial charge in [0.05, 0.1) is 0 Å². The standard InChI is InChI=1S/C20H29ClN2O2/c21-18-6-5-7-19(16-18)25-15-14-22-12-8-17(9-13-22)20(24)23-10-3-1-2-4-11-23/h5-7,16-17H,1-4,8-15H2. The number of hydrogen-bond acceptors (Lipinski definition) is 3. The SMILES string of the molecule is O=C(C1CCN(CCOc2cccc(Cl)c2)CC1)N1CCCCCC1. The molecule has 4 nitrogen and oxygen atoms in total. The molecule has 0 bridgehead atoms. The molecule has 0 N–H and O–H groups in total. The van der Waals surface area contributed by atoms with Gasteiger partial charge >= 0.3 is 0 Å². The first-order chi connectivity index (χ1) is 12.2. The van der Waals surface area contributed by atoms with Crippen LogP contribution in [-0.2, 0) is 4.79 Å². The predicted molar refractivity (Wildman–Crippen MR) is 101 cm³/mol. The zero-order valence-corrected chi connectivity index (χ0v) is 15.7. The van der Waals surface area contributed by atoms with E-state index in [0.717, 1.165) is 51.3 Å². The molecular weight excluding hydrogens is 336 g/mol. The molecule has 2 heterocycles. The molecular formula is C20H29ClN2O2. The van der Waals surface area contributed by atoms with Crippen LogP contribution in [0, 0.1) is 5.92 Å². The van der Waals surface area contributed by atoms with E-state index in [4.69, 9.17) is 16.3 Å². The number of carbonyl (C=O) groups is 1. The first-order valence-electron chi connectivity index (χ1n) is 9.62. The number of carbonyl (C=O) groups excluding carboxylic acids is 1. The molecule has 0 radical (unpaired) electrons. The summed E-state index contributed by atoms with van der Waals surface area (Å²) in [5.74, 6) is 1.44. The highest BCUT2D eigenvalue weighted by atomic mass is 35.5. The molecule has 0 aliphatic carbocycles. The highest BCUT2D eigenvalue weighted by Crippen LogP contribution is 2.22. The molecule has 0 saturated carbocycles. The van der Waals surface area contributed by atoms with E-state index in [1.807, 2.05) is 24.3 Å². The minimum atomic E-state index is 0.225. The zero-order chi connectivity index (χ0) is 17.5. The Kier molecular flexibility index (Phi) is 7.00. The number of amides is 1. The highest BCUT2D eigenvalue weighted by Gasteiger charge is 2.28. The van der Waals surface area contributed by atoms with Crippen molar-refractivity contribution in [2.45, 2.75) is 38.5 Å². The maximum absolute atomic E-state index is 12.7. The number of rotatable bonds is 5. The van der Waals surface area contributed by atoms with Gasteiger partial charge in [0.15, 0.2) is 0 Å². The average molecular weight is 365 g/mol. The lowest BCUT2D eigenvalue weighted by Gasteiger charge is -2.33. The third-order valence-corrected chi connectivity index (χ3v) is 5.56. The Bertz CT molecular complexity index is 550. The van der Waals surface area contributed by atoms with Crippen molar-refractivity contribution in [2.75, 3.05) is 39.3 Å². The molecule has 2 aliphatic heterocycles. The van der Waals surface area contributed by atoms with Gasteiger partial charge in [-0.05, 0) is 57.0 Å². The van der Waals surface area contributed by atoms with Gasteiger partial charge in [-0.3, -0.25) is 9.69 Å². The molecule has 0 aromatic heterocycles. The van der Waals surface area contributed by atoms with Crippen LogP contribution >= 0.6 is 11.6 Å². The van der Waals surface area contributed by atoms with Crippen molar-refractivity contribution in [3.05, 3.63) is 29.3 Å². The number of hydrogen-bond donors (Lipinski definition) is 0. The minimum absolute atomic E-state index is 0.225. The summed E-state index contributed by atoms with van der Waals surface area (Å²) in [6.07, 6.45) is 6.85. The lowest BCUT2D eigenvalue weighted by molar-refractivity contribution is -0.137. The van der Waals surface area contributed by atoms with Gasteiger partial charge in [-0.15, -0.1) is 0 Å². The second-order valence-electron chi connectivity index (χ2n) is 7.16. The Morgan fingerprint density at radius 1 is 1.08 bits per heavy atom. The van der Waals surface area contributed by atoms with E-state index in [0.29, 0.717) is 17.5 Å². The fraction of sp³-hybridized carbons (Fsp3) is 0.650. The van der Waals surface area contributed by atoms with Crippen LogP contribution in [0.25, 0.3) is 0 Å².